The number of nitrogen functional groups attached to an aromatic ring is 1. The molecule has 6 nitrogen and oxygen atoms in total. The normalized spacial score (nSPS) is 9.90. The van der Waals surface area contributed by atoms with Gasteiger partial charge in [0, 0.05) is 17.4 Å². The predicted molar refractivity (Wildman–Crippen MR) is 79.9 cm³/mol. The fourth-order valence-corrected chi connectivity index (χ4v) is 1.75. The van der Waals surface area contributed by atoms with Crippen LogP contribution in [0.5, 0.6) is 5.75 Å². The van der Waals surface area contributed by atoms with E-state index in [9.17, 15) is 14.7 Å². The van der Waals surface area contributed by atoms with Crippen molar-refractivity contribution >= 4 is 23.2 Å². The number of hydrogen-bond donors (Lipinski definition) is 4. The van der Waals surface area contributed by atoms with E-state index in [1.165, 1.54) is 12.1 Å². The molecule has 2 aromatic carbocycles. The number of carbonyl (C=O) groups is 2. The number of aromatic hydroxyl groups is 1. The van der Waals surface area contributed by atoms with Crippen LogP contribution in [0.25, 0.3) is 0 Å². The highest BCUT2D eigenvalue weighted by atomic mass is 16.3. The Morgan fingerprint density at radius 1 is 1.10 bits per heavy atom. The summed E-state index contributed by atoms with van der Waals surface area (Å²) in [4.78, 5) is 23.6. The summed E-state index contributed by atoms with van der Waals surface area (Å²) >= 11 is 0. The molecule has 0 saturated heterocycles. The van der Waals surface area contributed by atoms with Gasteiger partial charge < -0.3 is 21.5 Å². The van der Waals surface area contributed by atoms with E-state index < -0.39 is 11.8 Å². The number of hydrogen-bond acceptors (Lipinski definition) is 4. The summed E-state index contributed by atoms with van der Waals surface area (Å²) in [5.41, 5.74) is 6.80. The predicted octanol–water partition coefficient (Wildman–Crippen LogP) is 1.34. The minimum atomic E-state index is -0.417. The molecule has 21 heavy (non-hydrogen) atoms. The molecule has 2 amide bonds. The van der Waals surface area contributed by atoms with Crippen LogP contribution < -0.4 is 16.4 Å². The zero-order chi connectivity index (χ0) is 15.2. The van der Waals surface area contributed by atoms with Gasteiger partial charge in [0.1, 0.15) is 5.75 Å². The topological polar surface area (TPSA) is 104 Å². The van der Waals surface area contributed by atoms with E-state index in [1.54, 1.807) is 36.4 Å². The Labute approximate surface area is 121 Å². The maximum atomic E-state index is 11.9. The molecule has 2 aromatic rings. The summed E-state index contributed by atoms with van der Waals surface area (Å²) in [6.45, 7) is -0.192. The summed E-state index contributed by atoms with van der Waals surface area (Å²) in [5.74, 6) is -0.767. The molecule has 6 heteroatoms. The van der Waals surface area contributed by atoms with Gasteiger partial charge in [0.2, 0.25) is 5.91 Å². The summed E-state index contributed by atoms with van der Waals surface area (Å²) in [7, 11) is 0. The van der Waals surface area contributed by atoms with Crippen molar-refractivity contribution in [3.8, 4) is 5.75 Å². The second-order valence-corrected chi connectivity index (χ2v) is 4.37. The molecule has 0 bridgehead atoms. The molecular weight excluding hydrogens is 270 g/mol. The molecule has 0 atom stereocenters. The van der Waals surface area contributed by atoms with Gasteiger partial charge >= 0.3 is 0 Å². The second-order valence-electron chi connectivity index (χ2n) is 4.37. The average molecular weight is 285 g/mol. The molecule has 0 aliphatic rings. The fourth-order valence-electron chi connectivity index (χ4n) is 1.75. The summed E-state index contributed by atoms with van der Waals surface area (Å²) in [6, 6.07) is 12.8. The third-order valence-electron chi connectivity index (χ3n) is 2.74. The Morgan fingerprint density at radius 2 is 1.86 bits per heavy atom. The molecule has 0 saturated carbocycles. The monoisotopic (exact) mass is 285 g/mol. The van der Waals surface area contributed by atoms with Crippen LogP contribution in [0.2, 0.25) is 0 Å². The van der Waals surface area contributed by atoms with Crippen LogP contribution in [-0.4, -0.2) is 23.5 Å². The van der Waals surface area contributed by atoms with Crippen LogP contribution in [0.1, 0.15) is 10.4 Å². The number of nitrogens with one attached hydrogen (secondary N) is 2. The lowest BCUT2D eigenvalue weighted by atomic mass is 10.1. The lowest BCUT2D eigenvalue weighted by molar-refractivity contribution is -0.115. The molecule has 108 valence electrons. The van der Waals surface area contributed by atoms with Crippen molar-refractivity contribution in [3.05, 3.63) is 54.1 Å². The molecule has 2 rings (SSSR count). The van der Waals surface area contributed by atoms with Crippen molar-refractivity contribution in [1.29, 1.82) is 0 Å². The van der Waals surface area contributed by atoms with Gasteiger partial charge in [0.15, 0.2) is 0 Å². The van der Waals surface area contributed by atoms with Crippen molar-refractivity contribution < 1.29 is 14.7 Å². The van der Waals surface area contributed by atoms with E-state index >= 15 is 0 Å². The number of benzene rings is 2. The molecule has 0 aliphatic heterocycles. The van der Waals surface area contributed by atoms with Crippen LogP contribution in [0.3, 0.4) is 0 Å². The first-order valence-electron chi connectivity index (χ1n) is 6.28. The largest absolute Gasteiger partial charge is 0.508 e. The first kappa shape index (κ1) is 14.4. The maximum absolute atomic E-state index is 11.9. The summed E-state index contributed by atoms with van der Waals surface area (Å²) < 4.78 is 0. The van der Waals surface area contributed by atoms with Gasteiger partial charge in [-0.05, 0) is 24.3 Å². The van der Waals surface area contributed by atoms with Gasteiger partial charge in [0.05, 0.1) is 12.1 Å². The zero-order valence-electron chi connectivity index (χ0n) is 11.2. The van der Waals surface area contributed by atoms with Crippen LogP contribution in [0, 0.1) is 0 Å². The third kappa shape index (κ3) is 3.97. The molecule has 0 unspecified atom stereocenters. The summed E-state index contributed by atoms with van der Waals surface area (Å²) in [5, 5.41) is 14.3. The third-order valence-corrected chi connectivity index (χ3v) is 2.74. The SMILES string of the molecule is Nc1ccccc1C(=O)NCC(=O)Nc1cccc(O)c1. The number of phenolic OH excluding ortho intramolecular Hbond substituents is 1. The Kier molecular flexibility index (Phi) is 4.40. The molecule has 0 spiro atoms. The van der Waals surface area contributed by atoms with Crippen molar-refractivity contribution in [2.75, 3.05) is 17.6 Å². The van der Waals surface area contributed by atoms with Gasteiger partial charge in [-0.2, -0.15) is 0 Å². The minimum absolute atomic E-state index is 0.0499. The lowest BCUT2D eigenvalue weighted by Gasteiger charge is -2.08. The standard InChI is InChI=1S/C15H15N3O3/c16-13-7-2-1-6-12(13)15(21)17-9-14(20)18-10-4-3-5-11(19)8-10/h1-8,19H,9,16H2,(H,17,21)(H,18,20). The van der Waals surface area contributed by atoms with Crippen LogP contribution in [0.15, 0.2) is 48.5 Å². The highest BCUT2D eigenvalue weighted by Crippen LogP contribution is 2.15. The fraction of sp³-hybridized carbons (Fsp3) is 0.0667. The van der Waals surface area contributed by atoms with E-state index in [0.717, 1.165) is 0 Å². The zero-order valence-corrected chi connectivity index (χ0v) is 11.2. The average Bonchev–Trinajstić information content (AvgIpc) is 2.45. The molecule has 0 aromatic heterocycles. The van der Waals surface area contributed by atoms with Crippen LogP contribution in [0.4, 0.5) is 11.4 Å². The molecular formula is C15H15N3O3. The molecule has 0 radical (unpaired) electrons. The van der Waals surface area contributed by atoms with E-state index in [1.807, 2.05) is 0 Å². The van der Waals surface area contributed by atoms with Crippen molar-refractivity contribution in [2.45, 2.75) is 0 Å². The van der Waals surface area contributed by atoms with Crippen molar-refractivity contribution in [2.24, 2.45) is 0 Å². The van der Waals surface area contributed by atoms with Gasteiger partial charge in [-0.1, -0.05) is 18.2 Å². The van der Waals surface area contributed by atoms with Gasteiger partial charge in [0.25, 0.3) is 5.91 Å². The van der Waals surface area contributed by atoms with Crippen LogP contribution >= 0.6 is 0 Å². The number of rotatable bonds is 4. The van der Waals surface area contributed by atoms with E-state index in [4.69, 9.17) is 5.73 Å². The highest BCUT2D eigenvalue weighted by molar-refractivity contribution is 6.02. The Bertz CT molecular complexity index is 671. The second kappa shape index (κ2) is 6.42. The number of amides is 2. The molecule has 5 N–H and O–H groups in total. The van der Waals surface area contributed by atoms with E-state index in [0.29, 0.717) is 16.9 Å². The van der Waals surface area contributed by atoms with Crippen LogP contribution in [-0.2, 0) is 4.79 Å². The number of phenols is 1. The number of anilines is 2. The quantitative estimate of drug-likeness (QED) is 0.636. The number of nitrogens with two attached hydrogens (primary N) is 1. The summed E-state index contributed by atoms with van der Waals surface area (Å²) in [6.07, 6.45) is 0. The highest BCUT2D eigenvalue weighted by Gasteiger charge is 2.10. The van der Waals surface area contributed by atoms with Crippen molar-refractivity contribution in [3.63, 3.8) is 0 Å². The van der Waals surface area contributed by atoms with E-state index in [-0.39, 0.29) is 12.3 Å². The Hall–Kier alpha value is -3.02. The number of carbonyl (C=O) groups excluding carboxylic acids is 2. The Balaban J connectivity index is 1.90. The first-order chi connectivity index (χ1) is 10.1. The van der Waals surface area contributed by atoms with E-state index in [2.05, 4.69) is 10.6 Å². The number of para-hydroxylation sites is 1. The molecule has 0 fully saturated rings. The smallest absolute Gasteiger partial charge is 0.253 e. The molecule has 0 aliphatic carbocycles. The van der Waals surface area contributed by atoms with Crippen molar-refractivity contribution in [1.82, 2.24) is 5.32 Å². The lowest BCUT2D eigenvalue weighted by Crippen LogP contribution is -2.33. The maximum Gasteiger partial charge on any atom is 0.253 e. The van der Waals surface area contributed by atoms with Gasteiger partial charge in [-0.3, -0.25) is 9.59 Å². The first-order valence-corrected chi connectivity index (χ1v) is 6.28. The van der Waals surface area contributed by atoms with Gasteiger partial charge in [-0.25, -0.2) is 0 Å². The minimum Gasteiger partial charge on any atom is -0.508 e. The van der Waals surface area contributed by atoms with Gasteiger partial charge in [-0.15, -0.1) is 0 Å². The Morgan fingerprint density at radius 3 is 2.57 bits per heavy atom. The molecule has 0 heterocycles.